The molecule has 0 fully saturated rings. The second-order valence-corrected chi connectivity index (χ2v) is 20.0. The summed E-state index contributed by atoms with van der Waals surface area (Å²) in [6.07, 6.45) is 12.7. The fraction of sp³-hybridized carbons (Fsp3) is 0.318. The SMILES string of the molecule is CO[Si](OC)(OC)c1ccc(C[n+]2ccn(-c3c(C)cc(C)cc3C)c2)cc1.CO[Si](OC)(OC)c1ccc(C[n+]2ccn(-c3c(C)cc(C)cc3C)c2)cc1.[Br-].[Cl-]. The highest BCUT2D eigenvalue weighted by Crippen LogP contribution is 2.22. The fourth-order valence-electron chi connectivity index (χ4n) is 7.66. The Labute approximate surface area is 363 Å². The Morgan fingerprint density at radius 2 is 0.741 bits per heavy atom. The molecule has 6 aromatic rings. The van der Waals surface area contributed by atoms with Crippen LogP contribution in [0.1, 0.15) is 44.5 Å². The first-order valence-corrected chi connectivity index (χ1v) is 22.1. The van der Waals surface area contributed by atoms with Gasteiger partial charge in [0.25, 0.3) is 0 Å². The van der Waals surface area contributed by atoms with Gasteiger partial charge in [0.1, 0.15) is 49.3 Å². The lowest BCUT2D eigenvalue weighted by Gasteiger charge is -2.24. The van der Waals surface area contributed by atoms with Crippen LogP contribution in [-0.2, 0) is 39.6 Å². The van der Waals surface area contributed by atoms with Crippen LogP contribution in [0.15, 0.2) is 110 Å². The second-order valence-electron chi connectivity index (χ2n) is 14.2. The van der Waals surface area contributed by atoms with Crippen LogP contribution in [-0.4, -0.2) is 69.4 Å². The molecule has 2 aromatic heterocycles. The largest absolute Gasteiger partial charge is 1.00 e. The van der Waals surface area contributed by atoms with Gasteiger partial charge in [-0.2, -0.15) is 0 Å². The topological polar surface area (TPSA) is 73.0 Å². The molecule has 0 saturated heterocycles. The van der Waals surface area contributed by atoms with Crippen molar-refractivity contribution in [3.05, 3.63) is 155 Å². The number of aryl methyl sites for hydroxylation is 6. The zero-order chi connectivity index (χ0) is 40.6. The molecule has 6 rings (SSSR count). The minimum absolute atomic E-state index is 0. The van der Waals surface area contributed by atoms with Crippen LogP contribution < -0.4 is 48.9 Å². The first-order valence-electron chi connectivity index (χ1n) is 18.6. The van der Waals surface area contributed by atoms with Crippen molar-refractivity contribution in [3.8, 4) is 11.4 Å². The van der Waals surface area contributed by atoms with Crippen molar-refractivity contribution in [2.45, 2.75) is 54.6 Å². The predicted molar refractivity (Wildman–Crippen MR) is 224 cm³/mol. The van der Waals surface area contributed by atoms with Gasteiger partial charge in [0.05, 0.1) is 0 Å². The van der Waals surface area contributed by atoms with Gasteiger partial charge in [-0.15, -0.1) is 0 Å². The molecule has 10 nitrogen and oxygen atoms in total. The van der Waals surface area contributed by atoms with Crippen molar-refractivity contribution in [1.29, 1.82) is 0 Å². The summed E-state index contributed by atoms with van der Waals surface area (Å²) in [5.74, 6) is 0. The highest BCUT2D eigenvalue weighted by atomic mass is 79.9. The normalized spacial score (nSPS) is 11.4. The van der Waals surface area contributed by atoms with Crippen molar-refractivity contribution in [1.82, 2.24) is 9.13 Å². The third-order valence-corrected chi connectivity index (χ3v) is 15.4. The van der Waals surface area contributed by atoms with Gasteiger partial charge in [-0.3, -0.25) is 0 Å². The molecule has 0 atom stereocenters. The van der Waals surface area contributed by atoms with E-state index >= 15 is 0 Å². The first-order chi connectivity index (χ1) is 26.8. The van der Waals surface area contributed by atoms with Gasteiger partial charge in [-0.25, -0.2) is 18.3 Å². The average molecular weight is 910 g/mol. The van der Waals surface area contributed by atoms with Gasteiger partial charge in [-0.05, 0) is 74.9 Å². The molecule has 0 spiro atoms. The Kier molecular flexibility index (Phi) is 18.0. The number of rotatable bonds is 14. The van der Waals surface area contributed by atoms with E-state index in [1.807, 2.05) is 24.3 Å². The summed E-state index contributed by atoms with van der Waals surface area (Å²) < 4.78 is 42.0. The van der Waals surface area contributed by atoms with E-state index in [9.17, 15) is 0 Å². The molecule has 0 aliphatic rings. The maximum atomic E-state index is 5.55. The van der Waals surface area contributed by atoms with E-state index in [1.54, 1.807) is 42.7 Å². The second kappa shape index (κ2) is 21.5. The maximum absolute atomic E-state index is 5.55. The van der Waals surface area contributed by atoms with Gasteiger partial charge in [0.15, 0.2) is 0 Å². The summed E-state index contributed by atoms with van der Waals surface area (Å²) in [5, 5.41) is 1.91. The molecule has 4 aromatic carbocycles. The minimum Gasteiger partial charge on any atom is -1.00 e. The van der Waals surface area contributed by atoms with Crippen molar-refractivity contribution in [2.75, 3.05) is 42.7 Å². The van der Waals surface area contributed by atoms with E-state index in [0.29, 0.717) is 0 Å². The van der Waals surface area contributed by atoms with E-state index in [4.69, 9.17) is 26.6 Å². The van der Waals surface area contributed by atoms with Gasteiger partial charge < -0.3 is 55.9 Å². The van der Waals surface area contributed by atoms with Crippen LogP contribution in [0.3, 0.4) is 0 Å². The van der Waals surface area contributed by atoms with Crippen LogP contribution in [0.2, 0.25) is 0 Å². The molecule has 0 unspecified atom stereocenters. The zero-order valence-corrected chi connectivity index (χ0v) is 40.1. The number of nitrogens with zero attached hydrogens (tertiary/aromatic N) is 4. The molecule has 0 aliphatic heterocycles. The summed E-state index contributed by atoms with van der Waals surface area (Å²) in [4.78, 5) is 0. The number of halogens is 2. The molecular formula is C44H58BrClN4O6Si2. The van der Waals surface area contributed by atoms with E-state index in [0.717, 1.165) is 23.5 Å². The fourth-order valence-corrected chi connectivity index (χ4v) is 11.2. The number of benzene rings is 4. The van der Waals surface area contributed by atoms with E-state index in [-0.39, 0.29) is 29.4 Å². The van der Waals surface area contributed by atoms with Gasteiger partial charge in [0, 0.05) is 53.0 Å². The molecule has 312 valence electrons. The molecule has 0 saturated carbocycles. The summed E-state index contributed by atoms with van der Waals surface area (Å²) in [7, 11) is 4.20. The average Bonchev–Trinajstić information content (AvgIpc) is 3.84. The Balaban J connectivity index is 0.000000300. The Morgan fingerprint density at radius 1 is 0.466 bits per heavy atom. The molecule has 58 heavy (non-hydrogen) atoms. The van der Waals surface area contributed by atoms with E-state index in [1.165, 1.54) is 55.9 Å². The van der Waals surface area contributed by atoms with Crippen molar-refractivity contribution >= 4 is 28.0 Å². The Bertz CT molecular complexity index is 2000. The van der Waals surface area contributed by atoms with Gasteiger partial charge in [-0.1, -0.05) is 83.9 Å². The molecular weight excluding hydrogens is 852 g/mol. The Hall–Kier alpha value is -3.74. The number of hydrogen-bond acceptors (Lipinski definition) is 6. The van der Waals surface area contributed by atoms with E-state index < -0.39 is 17.6 Å². The van der Waals surface area contributed by atoms with Crippen LogP contribution in [0, 0.1) is 41.5 Å². The number of imidazole rings is 2. The molecule has 0 aliphatic carbocycles. The highest BCUT2D eigenvalue weighted by molar-refractivity contribution is 6.75. The zero-order valence-electron chi connectivity index (χ0n) is 35.8. The molecule has 0 amide bonds. The van der Waals surface area contributed by atoms with Crippen LogP contribution in [0.25, 0.3) is 11.4 Å². The summed E-state index contributed by atoms with van der Waals surface area (Å²) >= 11 is 0. The third kappa shape index (κ3) is 10.9. The standard InChI is InChI=1S/2C22H29N2O3Si.BrH.ClH/c2*1-17-13-18(2)22(19(3)14-17)24-12-11-23(16-24)15-20-7-9-21(10-8-20)28(25-4,26-5)27-6;;/h2*7-14,16H,15H2,1-6H3;2*1H/q2*+1;;/p-2. The van der Waals surface area contributed by atoms with E-state index in [2.05, 4.69) is 146 Å². The van der Waals surface area contributed by atoms with Gasteiger partial charge in [0.2, 0.25) is 12.7 Å². The molecule has 2 heterocycles. The molecule has 0 radical (unpaired) electrons. The van der Waals surface area contributed by atoms with Crippen molar-refractivity contribution in [3.63, 3.8) is 0 Å². The monoisotopic (exact) mass is 908 g/mol. The maximum Gasteiger partial charge on any atom is 0.536 e. The lowest BCUT2D eigenvalue weighted by atomic mass is 10.1. The number of hydrogen-bond donors (Lipinski definition) is 0. The summed E-state index contributed by atoms with van der Waals surface area (Å²) in [5.41, 5.74) is 12.6. The Morgan fingerprint density at radius 3 is 1.00 bits per heavy atom. The lowest BCUT2D eigenvalue weighted by Crippen LogP contribution is -3.00. The van der Waals surface area contributed by atoms with Crippen molar-refractivity contribution in [2.24, 2.45) is 0 Å². The quantitative estimate of drug-likeness (QED) is 0.110. The minimum atomic E-state index is -2.78. The lowest BCUT2D eigenvalue weighted by molar-refractivity contribution is -0.687. The summed E-state index contributed by atoms with van der Waals surface area (Å²) in [6.45, 7) is 14.5. The van der Waals surface area contributed by atoms with Crippen LogP contribution in [0.4, 0.5) is 0 Å². The van der Waals surface area contributed by atoms with Crippen LogP contribution in [0.5, 0.6) is 0 Å². The number of aromatic nitrogens is 4. The van der Waals surface area contributed by atoms with Gasteiger partial charge >= 0.3 is 17.6 Å². The third-order valence-electron chi connectivity index (χ3n) is 10.1. The molecule has 0 bridgehead atoms. The molecule has 14 heteroatoms. The summed E-state index contributed by atoms with van der Waals surface area (Å²) in [6, 6.07) is 25.4. The smallest absolute Gasteiger partial charge is 0.536 e. The van der Waals surface area contributed by atoms with Crippen molar-refractivity contribution < 1.29 is 65.1 Å². The van der Waals surface area contributed by atoms with Crippen LogP contribution >= 0.6 is 0 Å². The first kappa shape index (κ1) is 48.6. The predicted octanol–water partition coefficient (Wildman–Crippen LogP) is -0.345. The highest BCUT2D eigenvalue weighted by Gasteiger charge is 2.41. The molecule has 0 N–H and O–H groups in total.